The summed E-state index contributed by atoms with van der Waals surface area (Å²) in [6.07, 6.45) is 4.22. The number of nitrogens with zero attached hydrogens (tertiary/aromatic N) is 1. The number of benzene rings is 2. The minimum atomic E-state index is -0.939. The van der Waals surface area contributed by atoms with Gasteiger partial charge in [-0.05, 0) is 62.3 Å². The first kappa shape index (κ1) is 23.9. The van der Waals surface area contributed by atoms with E-state index in [0.29, 0.717) is 11.3 Å². The lowest BCUT2D eigenvalue weighted by molar-refractivity contribution is 0.0961. The molecule has 2 aromatic carbocycles. The number of amides is 2. The van der Waals surface area contributed by atoms with Crippen molar-refractivity contribution in [1.82, 2.24) is 15.6 Å². The monoisotopic (exact) mass is 457 g/mol. The summed E-state index contributed by atoms with van der Waals surface area (Å²) in [5.74, 6) is -3.60. The number of nitrogens with two attached hydrogens (primary N) is 1. The molecular formula is C23H25F2N5O3. The zero-order valence-electron chi connectivity index (χ0n) is 18.1. The van der Waals surface area contributed by atoms with Crippen molar-refractivity contribution >= 4 is 23.4 Å². The molecule has 4 rings (SSSR count). The van der Waals surface area contributed by atoms with Crippen LogP contribution in [0.2, 0.25) is 0 Å². The Morgan fingerprint density at radius 2 is 1.67 bits per heavy atom. The third-order valence-corrected chi connectivity index (χ3v) is 4.88. The predicted molar refractivity (Wildman–Crippen MR) is 120 cm³/mol. The molecule has 5 N–H and O–H groups in total. The molecule has 0 saturated carbocycles. The van der Waals surface area contributed by atoms with Crippen LogP contribution in [0.15, 0.2) is 46.9 Å². The fourth-order valence-electron chi connectivity index (χ4n) is 3.16. The Morgan fingerprint density at radius 1 is 1.03 bits per heavy atom. The topological polar surface area (TPSA) is 122 Å². The molecule has 3 aromatic rings. The molecule has 1 aliphatic rings. The Hall–Kier alpha value is -3.79. The Morgan fingerprint density at radius 3 is 2.15 bits per heavy atom. The number of rotatable bonds is 5. The highest BCUT2D eigenvalue weighted by atomic mass is 19.1. The number of halogens is 2. The first-order valence-corrected chi connectivity index (χ1v) is 10.5. The van der Waals surface area contributed by atoms with Crippen LogP contribution < -0.4 is 21.7 Å². The minimum Gasteiger partial charge on any atom is -0.419 e. The number of hydrogen-bond acceptors (Lipinski definition) is 6. The largest absolute Gasteiger partial charge is 0.419 e. The molecule has 2 amide bonds. The molecular weight excluding hydrogens is 432 g/mol. The van der Waals surface area contributed by atoms with E-state index in [1.807, 2.05) is 0 Å². The third kappa shape index (κ3) is 6.13. The van der Waals surface area contributed by atoms with Crippen molar-refractivity contribution in [3.05, 3.63) is 65.4 Å². The number of aromatic nitrogens is 1. The summed E-state index contributed by atoms with van der Waals surface area (Å²) in [5, 5.41) is 8.53. The molecule has 1 saturated heterocycles. The molecule has 0 bridgehead atoms. The zero-order chi connectivity index (χ0) is 23.8. The molecule has 0 aliphatic carbocycles. The van der Waals surface area contributed by atoms with Crippen molar-refractivity contribution in [2.45, 2.75) is 19.3 Å². The number of carbonyl (C=O) groups excluding carboxylic acids is 2. The van der Waals surface area contributed by atoms with Crippen LogP contribution in [0.5, 0.6) is 0 Å². The molecule has 1 fully saturated rings. The van der Waals surface area contributed by atoms with Crippen LogP contribution in [-0.4, -0.2) is 36.9 Å². The lowest BCUT2D eigenvalue weighted by Gasteiger charge is -2.08. The molecule has 8 nitrogen and oxygen atoms in total. The fraction of sp³-hybridized carbons (Fsp3) is 0.261. The summed E-state index contributed by atoms with van der Waals surface area (Å²) >= 11 is 0. The minimum absolute atomic E-state index is 0.173. The second kappa shape index (κ2) is 11.2. The van der Waals surface area contributed by atoms with E-state index < -0.39 is 29.0 Å². The maximum atomic E-state index is 13.9. The normalized spacial score (nSPS) is 12.9. The number of hydrogen-bond donors (Lipinski definition) is 4. The highest BCUT2D eigenvalue weighted by Gasteiger charge is 2.23. The number of piperidine rings is 1. The molecule has 33 heavy (non-hydrogen) atoms. The number of primary amides is 1. The first-order chi connectivity index (χ1) is 15.9. The number of nitrogens with one attached hydrogen (secondary N) is 3. The Kier molecular flexibility index (Phi) is 8.09. The smallest absolute Gasteiger partial charge is 0.273 e. The van der Waals surface area contributed by atoms with Gasteiger partial charge in [0, 0.05) is 18.3 Å². The van der Waals surface area contributed by atoms with Crippen molar-refractivity contribution in [1.29, 1.82) is 0 Å². The average molecular weight is 457 g/mol. The van der Waals surface area contributed by atoms with Gasteiger partial charge in [-0.1, -0.05) is 12.5 Å². The van der Waals surface area contributed by atoms with E-state index in [2.05, 4.69) is 20.9 Å². The zero-order valence-corrected chi connectivity index (χ0v) is 18.1. The van der Waals surface area contributed by atoms with Crippen LogP contribution in [0.25, 0.3) is 11.5 Å². The van der Waals surface area contributed by atoms with Gasteiger partial charge in [-0.2, -0.15) is 0 Å². The van der Waals surface area contributed by atoms with E-state index in [0.717, 1.165) is 12.1 Å². The van der Waals surface area contributed by atoms with Crippen LogP contribution in [0.4, 0.5) is 20.4 Å². The molecule has 0 atom stereocenters. The Balaban J connectivity index is 0.000000442. The van der Waals surface area contributed by atoms with Gasteiger partial charge in [0.2, 0.25) is 11.8 Å². The molecule has 174 valence electrons. The lowest BCUT2D eigenvalue weighted by atomic mass is 10.2. The number of carbonyl (C=O) groups is 2. The van der Waals surface area contributed by atoms with Crippen LogP contribution in [-0.2, 0) is 0 Å². The van der Waals surface area contributed by atoms with E-state index in [4.69, 9.17) is 10.2 Å². The van der Waals surface area contributed by atoms with Gasteiger partial charge in [0.25, 0.3) is 11.8 Å². The molecule has 0 unspecified atom stereocenters. The van der Waals surface area contributed by atoms with E-state index in [9.17, 15) is 18.4 Å². The van der Waals surface area contributed by atoms with Crippen LogP contribution in [0.3, 0.4) is 0 Å². The second-order valence-electron chi connectivity index (χ2n) is 7.25. The fourth-order valence-corrected chi connectivity index (χ4v) is 3.16. The quantitative estimate of drug-likeness (QED) is 0.465. The van der Waals surface area contributed by atoms with E-state index >= 15 is 0 Å². The van der Waals surface area contributed by atoms with Crippen molar-refractivity contribution in [3.8, 4) is 11.5 Å². The summed E-state index contributed by atoms with van der Waals surface area (Å²) in [6, 6.07) is 9.47. The summed E-state index contributed by atoms with van der Waals surface area (Å²) in [5.41, 5.74) is 5.32. The van der Waals surface area contributed by atoms with Gasteiger partial charge in [-0.3, -0.25) is 9.59 Å². The van der Waals surface area contributed by atoms with Crippen molar-refractivity contribution in [2.75, 3.05) is 25.5 Å². The highest BCUT2D eigenvalue weighted by Crippen LogP contribution is 2.31. The SMILES string of the molecule is C1CCNCC1.CNC(=O)c1ccc(Nc2oc(-c3c(F)cccc3F)nc2C(N)=O)cc1. The molecule has 0 radical (unpaired) electrons. The Labute approximate surface area is 189 Å². The van der Waals surface area contributed by atoms with Crippen molar-refractivity contribution < 1.29 is 22.8 Å². The summed E-state index contributed by atoms with van der Waals surface area (Å²) in [4.78, 5) is 27.0. The molecule has 2 heterocycles. The Bertz CT molecular complexity index is 1080. The van der Waals surface area contributed by atoms with E-state index in [1.54, 1.807) is 24.3 Å². The summed E-state index contributed by atoms with van der Waals surface area (Å²) in [6.45, 7) is 2.50. The first-order valence-electron chi connectivity index (χ1n) is 10.5. The summed E-state index contributed by atoms with van der Waals surface area (Å²) < 4.78 is 33.2. The standard InChI is InChI=1S/C18H14F2N4O3.C5H11N/c1-22-16(26)9-5-7-10(8-6-9)23-18-14(15(21)25)24-17(27-18)13-11(19)3-2-4-12(13)20;1-2-4-6-5-3-1/h2-8,23H,1H3,(H2,21,25)(H,22,26);6H,1-5H2. The van der Waals surface area contributed by atoms with E-state index in [1.165, 1.54) is 45.5 Å². The maximum Gasteiger partial charge on any atom is 0.273 e. The molecule has 1 aromatic heterocycles. The number of oxazole rings is 1. The van der Waals surface area contributed by atoms with Gasteiger partial charge in [-0.25, -0.2) is 13.8 Å². The van der Waals surface area contributed by atoms with Crippen LogP contribution in [0.1, 0.15) is 40.1 Å². The molecule has 10 heteroatoms. The molecule has 1 aliphatic heterocycles. The lowest BCUT2D eigenvalue weighted by Crippen LogP contribution is -2.21. The van der Waals surface area contributed by atoms with Gasteiger partial charge in [0.1, 0.15) is 17.2 Å². The number of anilines is 2. The van der Waals surface area contributed by atoms with Gasteiger partial charge in [0.15, 0.2) is 5.69 Å². The summed E-state index contributed by atoms with van der Waals surface area (Å²) in [7, 11) is 1.51. The average Bonchev–Trinajstić information content (AvgIpc) is 3.24. The maximum absolute atomic E-state index is 13.9. The third-order valence-electron chi connectivity index (χ3n) is 4.88. The van der Waals surface area contributed by atoms with Gasteiger partial charge in [0.05, 0.1) is 0 Å². The second-order valence-corrected chi connectivity index (χ2v) is 7.25. The van der Waals surface area contributed by atoms with Crippen LogP contribution >= 0.6 is 0 Å². The van der Waals surface area contributed by atoms with Crippen molar-refractivity contribution in [2.24, 2.45) is 5.73 Å². The van der Waals surface area contributed by atoms with Crippen molar-refractivity contribution in [3.63, 3.8) is 0 Å². The highest BCUT2D eigenvalue weighted by molar-refractivity contribution is 5.97. The van der Waals surface area contributed by atoms with Crippen LogP contribution in [0, 0.1) is 11.6 Å². The molecule has 0 spiro atoms. The van der Waals surface area contributed by atoms with Gasteiger partial charge < -0.3 is 26.1 Å². The van der Waals surface area contributed by atoms with Gasteiger partial charge >= 0.3 is 0 Å². The predicted octanol–water partition coefficient (Wildman–Crippen LogP) is 3.58. The van der Waals surface area contributed by atoms with E-state index in [-0.39, 0.29) is 17.5 Å². The van der Waals surface area contributed by atoms with Gasteiger partial charge in [-0.15, -0.1) is 0 Å².